The molecule has 8 N–H and O–H groups in total. The number of nitrogens with two attached hydrogens (primary N) is 4. The lowest BCUT2D eigenvalue weighted by molar-refractivity contribution is -0.148. The number of carbonyl (C=O) groups is 6. The first-order valence-corrected chi connectivity index (χ1v) is 30.6. The van der Waals surface area contributed by atoms with Crippen molar-refractivity contribution >= 4 is 35.8 Å². The van der Waals surface area contributed by atoms with Crippen molar-refractivity contribution in [3.8, 4) is 0 Å². The van der Waals surface area contributed by atoms with Gasteiger partial charge in [-0.15, -0.1) is 0 Å². The summed E-state index contributed by atoms with van der Waals surface area (Å²) in [5.74, 6) is -5.83. The first-order valence-electron chi connectivity index (χ1n) is 30.6. The Labute approximate surface area is 509 Å². The van der Waals surface area contributed by atoms with Crippen LogP contribution in [0.3, 0.4) is 0 Å². The molecular formula is C71H82N4O12. The minimum absolute atomic E-state index is 0.0113. The van der Waals surface area contributed by atoms with Gasteiger partial charge in [-0.2, -0.15) is 0 Å². The van der Waals surface area contributed by atoms with E-state index in [1.807, 2.05) is 133 Å². The van der Waals surface area contributed by atoms with Crippen molar-refractivity contribution in [2.24, 2.45) is 82.1 Å². The average Bonchev–Trinajstić information content (AvgIpc) is 2.55. The Kier molecular flexibility index (Phi) is 23.0. The fourth-order valence-corrected chi connectivity index (χ4v) is 13.9. The second kappa shape index (κ2) is 31.6. The lowest BCUT2D eigenvalue weighted by atomic mass is 9.73. The molecule has 16 heteroatoms. The quantitative estimate of drug-likeness (QED) is 0.0266. The summed E-state index contributed by atoms with van der Waals surface area (Å²) in [6.45, 7) is -0.0504. The van der Waals surface area contributed by atoms with E-state index in [1.165, 1.54) is 0 Å². The van der Waals surface area contributed by atoms with E-state index in [0.29, 0.717) is 43.2 Å². The van der Waals surface area contributed by atoms with Gasteiger partial charge in [-0.3, -0.25) is 19.2 Å². The van der Waals surface area contributed by atoms with E-state index in [4.69, 9.17) is 51.4 Å². The highest BCUT2D eigenvalue weighted by atomic mass is 16.6. The van der Waals surface area contributed by atoms with Crippen molar-refractivity contribution in [2.75, 3.05) is 39.6 Å². The molecule has 87 heavy (non-hydrogen) atoms. The second-order valence-corrected chi connectivity index (χ2v) is 24.0. The summed E-state index contributed by atoms with van der Waals surface area (Å²) in [6.07, 6.45) is 4.08. The highest BCUT2D eigenvalue weighted by Gasteiger charge is 2.54. The summed E-state index contributed by atoms with van der Waals surface area (Å²) in [5, 5.41) is 0. The molecule has 0 radical (unpaired) electrons. The van der Waals surface area contributed by atoms with Crippen LogP contribution in [0.5, 0.6) is 0 Å². The maximum atomic E-state index is 13.9. The third kappa shape index (κ3) is 17.8. The van der Waals surface area contributed by atoms with E-state index in [-0.39, 0.29) is 125 Å². The second-order valence-electron chi connectivity index (χ2n) is 24.0. The van der Waals surface area contributed by atoms with Crippen molar-refractivity contribution in [1.29, 1.82) is 0 Å². The third-order valence-corrected chi connectivity index (χ3v) is 18.1. The normalized spacial score (nSPS) is 23.7. The molecule has 4 unspecified atom stereocenters. The van der Waals surface area contributed by atoms with Crippen molar-refractivity contribution in [2.45, 2.75) is 82.0 Å². The standard InChI is InChI=1S/C71H82N4O12/c72-60(33-46-19-7-1-8-20-46)68(78)82-40-54-38-56(42-84-70(80)62(74)35-48-23-11-3-12-24-48)64(58(54)44-86-66(76)50-27-15-5-16-28-50)52-31-32-53(37-52)65-57(43-85-71(81)63(75)36-49-25-13-4-14-26-49)39-55(59(65)45-87-67(77)51-29-17-6-18-30-51)41-83-69(79)61(73)34-47-21-9-2-10-22-47/h1-30,52-65H,31-45,72-75H2/t52?,53?,54-,55+,56+,57-,58+,59-,60-,61-,62-,63-,64?,65?/m0/s1. The largest absolute Gasteiger partial charge is 0.464 e. The van der Waals surface area contributed by atoms with Gasteiger partial charge in [0.2, 0.25) is 0 Å². The monoisotopic (exact) mass is 1180 g/mol. The molecule has 9 rings (SSSR count). The maximum absolute atomic E-state index is 13.9. The molecular weight excluding hydrogens is 1100 g/mol. The predicted molar refractivity (Wildman–Crippen MR) is 328 cm³/mol. The summed E-state index contributed by atoms with van der Waals surface area (Å²) in [4.78, 5) is 83.0. The Bertz CT molecular complexity index is 2930. The van der Waals surface area contributed by atoms with E-state index in [0.717, 1.165) is 22.3 Å². The van der Waals surface area contributed by atoms with E-state index >= 15 is 0 Å². The van der Waals surface area contributed by atoms with Crippen LogP contribution >= 0.6 is 0 Å². The van der Waals surface area contributed by atoms with Gasteiger partial charge in [-0.25, -0.2) is 9.59 Å². The van der Waals surface area contributed by atoms with Crippen LogP contribution in [0.25, 0.3) is 0 Å². The zero-order valence-electron chi connectivity index (χ0n) is 49.2. The first-order chi connectivity index (χ1) is 42.3. The zero-order valence-corrected chi connectivity index (χ0v) is 49.2. The summed E-state index contributed by atoms with van der Waals surface area (Å²) in [5.41, 5.74) is 30.3. The van der Waals surface area contributed by atoms with E-state index < -0.39 is 60.0 Å². The van der Waals surface area contributed by atoms with Gasteiger partial charge in [0.05, 0.1) is 50.8 Å². The topological polar surface area (TPSA) is 262 Å². The number of carbonyl (C=O) groups excluding carboxylic acids is 6. The molecule has 16 nitrogen and oxygen atoms in total. The molecule has 0 saturated heterocycles. The van der Waals surface area contributed by atoms with E-state index in [2.05, 4.69) is 0 Å². The fraction of sp³-hybridized carbons (Fsp3) is 0.408. The fourth-order valence-electron chi connectivity index (χ4n) is 13.9. The summed E-state index contributed by atoms with van der Waals surface area (Å²) < 4.78 is 37.0. The number of benzene rings is 6. The van der Waals surface area contributed by atoms with Crippen LogP contribution in [0.15, 0.2) is 182 Å². The molecule has 6 aromatic rings. The summed E-state index contributed by atoms with van der Waals surface area (Å²) in [6, 6.07) is 51.6. The maximum Gasteiger partial charge on any atom is 0.338 e. The molecule has 3 aliphatic rings. The molecule has 0 heterocycles. The number of rotatable bonds is 28. The van der Waals surface area contributed by atoms with Crippen molar-refractivity contribution < 1.29 is 57.2 Å². The molecule has 0 aliphatic heterocycles. The number of ether oxygens (including phenoxy) is 6. The Morgan fingerprint density at radius 3 is 0.851 bits per heavy atom. The zero-order chi connectivity index (χ0) is 61.1. The minimum Gasteiger partial charge on any atom is -0.464 e. The van der Waals surface area contributed by atoms with Crippen LogP contribution in [0.1, 0.15) is 75.1 Å². The lowest BCUT2D eigenvalue weighted by Crippen LogP contribution is -2.38. The van der Waals surface area contributed by atoms with Gasteiger partial charge in [0.25, 0.3) is 0 Å². The van der Waals surface area contributed by atoms with E-state index in [1.54, 1.807) is 48.5 Å². The van der Waals surface area contributed by atoms with Crippen LogP contribution in [0.4, 0.5) is 0 Å². The molecule has 3 saturated carbocycles. The van der Waals surface area contributed by atoms with Gasteiger partial charge in [0.1, 0.15) is 24.2 Å². The molecule has 458 valence electrons. The molecule has 14 atom stereocenters. The van der Waals surface area contributed by atoms with Gasteiger partial charge in [-0.1, -0.05) is 158 Å². The Hall–Kier alpha value is -8.02. The van der Waals surface area contributed by atoms with Crippen molar-refractivity contribution in [1.82, 2.24) is 0 Å². The van der Waals surface area contributed by atoms with Crippen molar-refractivity contribution in [3.05, 3.63) is 215 Å². The summed E-state index contributed by atoms with van der Waals surface area (Å²) in [7, 11) is 0. The summed E-state index contributed by atoms with van der Waals surface area (Å²) >= 11 is 0. The molecule has 0 bridgehead atoms. The SMILES string of the molecule is N[C@@H](Cc1ccccc1)C(=O)OC[C@@H]1C[C@H](COC(=O)[C@@H](N)Cc2ccccc2)[C@H](COC(=O)c2ccccc2)C1C1CCC(C2[C@@H](COC(=O)[C@@H](N)Cc3ccccc3)C[C@@H](COC(=O)[C@@H](N)Cc3ccccc3)[C@H]2COC(=O)c2ccccc2)C1. The molecule has 0 aromatic heterocycles. The minimum atomic E-state index is -0.936. The van der Waals surface area contributed by atoms with Crippen LogP contribution < -0.4 is 22.9 Å². The molecule has 0 spiro atoms. The Morgan fingerprint density at radius 2 is 0.575 bits per heavy atom. The van der Waals surface area contributed by atoms with Gasteiger partial charge >= 0.3 is 35.8 Å². The highest BCUT2D eigenvalue weighted by Crippen LogP contribution is 2.57. The van der Waals surface area contributed by atoms with Crippen LogP contribution in [-0.4, -0.2) is 99.6 Å². The van der Waals surface area contributed by atoms with Crippen LogP contribution in [0, 0.1) is 59.2 Å². The molecule has 3 fully saturated rings. The third-order valence-electron chi connectivity index (χ3n) is 18.1. The lowest BCUT2D eigenvalue weighted by Gasteiger charge is -2.34. The number of hydrogen-bond donors (Lipinski definition) is 4. The van der Waals surface area contributed by atoms with Gasteiger partial charge < -0.3 is 51.4 Å². The first kappa shape index (κ1) is 63.5. The average molecular weight is 1180 g/mol. The van der Waals surface area contributed by atoms with Crippen LogP contribution in [-0.2, 0) is 73.3 Å². The van der Waals surface area contributed by atoms with Gasteiger partial charge in [-0.05, 0) is 152 Å². The highest BCUT2D eigenvalue weighted by molar-refractivity contribution is 5.89. The molecule has 0 amide bonds. The Balaban J connectivity index is 1.01. The molecule has 6 aromatic carbocycles. The predicted octanol–water partition coefficient (Wildman–Crippen LogP) is 8.31. The Morgan fingerprint density at radius 1 is 0.322 bits per heavy atom. The smallest absolute Gasteiger partial charge is 0.338 e. The number of esters is 6. The molecule has 3 aliphatic carbocycles. The van der Waals surface area contributed by atoms with Crippen LogP contribution in [0.2, 0.25) is 0 Å². The van der Waals surface area contributed by atoms with Crippen molar-refractivity contribution in [3.63, 3.8) is 0 Å². The number of hydrogen-bond acceptors (Lipinski definition) is 16. The van der Waals surface area contributed by atoms with E-state index in [9.17, 15) is 28.8 Å². The van der Waals surface area contributed by atoms with Gasteiger partial charge in [0.15, 0.2) is 0 Å². The van der Waals surface area contributed by atoms with Gasteiger partial charge in [0, 0.05) is 11.8 Å².